The van der Waals surface area contributed by atoms with E-state index in [1.165, 1.54) is 10.7 Å². The zero-order chi connectivity index (χ0) is 30.0. The monoisotopic (exact) mass is 580 g/mol. The van der Waals surface area contributed by atoms with Gasteiger partial charge in [-0.1, -0.05) is 38.0 Å². The molecule has 1 aliphatic carbocycles. The molecule has 1 saturated carbocycles. The Morgan fingerprint density at radius 1 is 0.976 bits per heavy atom. The Kier molecular flexibility index (Phi) is 8.10. The number of aromatic nitrogens is 6. The average Bonchev–Trinajstić information content (AvgIpc) is 3.62. The maximum Gasteiger partial charge on any atom is 0.269 e. The predicted molar refractivity (Wildman–Crippen MR) is 148 cm³/mol. The topological polar surface area (TPSA) is 130 Å². The van der Waals surface area contributed by atoms with E-state index in [0.717, 1.165) is 37.8 Å². The van der Waals surface area contributed by atoms with Crippen LogP contribution in [0, 0.1) is 28.8 Å². The molecule has 1 aliphatic rings. The maximum absolute atomic E-state index is 14.0. The van der Waals surface area contributed by atoms with Crippen LogP contribution in [0.15, 0.2) is 42.5 Å². The van der Waals surface area contributed by atoms with Gasteiger partial charge in [0.25, 0.3) is 11.8 Å². The minimum atomic E-state index is -1.58. The van der Waals surface area contributed by atoms with Gasteiger partial charge >= 0.3 is 0 Å². The Balaban J connectivity index is 1.37. The van der Waals surface area contributed by atoms with E-state index in [2.05, 4.69) is 57.1 Å². The molecule has 2 amide bonds. The second kappa shape index (κ2) is 11.7. The highest BCUT2D eigenvalue weighted by atomic mass is 19.2. The van der Waals surface area contributed by atoms with E-state index in [-0.39, 0.29) is 46.8 Å². The zero-order valence-corrected chi connectivity index (χ0v) is 23.4. The molecule has 0 unspecified atom stereocenters. The number of hydrogen-bond acceptors (Lipinski definition) is 6. The summed E-state index contributed by atoms with van der Waals surface area (Å²) in [6.07, 6.45) is 3.69. The molecule has 2 aromatic carbocycles. The number of aromatic amines is 1. The molecule has 0 radical (unpaired) electrons. The molecule has 0 saturated heterocycles. The van der Waals surface area contributed by atoms with Crippen LogP contribution in [0.25, 0.3) is 11.3 Å². The van der Waals surface area contributed by atoms with Crippen LogP contribution < -0.4 is 10.6 Å². The quantitative estimate of drug-likeness (QED) is 0.260. The lowest BCUT2D eigenvalue weighted by atomic mass is 9.71. The predicted octanol–water partition coefficient (Wildman–Crippen LogP) is 5.12. The second-order valence-electron chi connectivity index (χ2n) is 11.6. The van der Waals surface area contributed by atoms with Crippen molar-refractivity contribution in [1.82, 2.24) is 35.7 Å². The summed E-state index contributed by atoms with van der Waals surface area (Å²) in [5, 5.41) is 22.9. The Morgan fingerprint density at radius 2 is 1.64 bits per heavy atom. The number of halogens is 3. The smallest absolute Gasteiger partial charge is 0.269 e. The Bertz CT molecular complexity index is 1550. The number of carbonyl (C=O) groups excluding carboxylic acids is 2. The number of carbonyl (C=O) groups is 2. The Hall–Kier alpha value is -4.55. The van der Waals surface area contributed by atoms with Crippen LogP contribution in [-0.2, 0) is 6.54 Å². The maximum atomic E-state index is 14.0. The highest BCUT2D eigenvalue weighted by Gasteiger charge is 2.31. The molecular formula is C29H31F3N8O2. The molecule has 3 N–H and O–H groups in total. The summed E-state index contributed by atoms with van der Waals surface area (Å²) in [6.45, 7) is 6.81. The number of nitrogens with zero attached hydrogens (tertiary/aromatic N) is 5. The van der Waals surface area contributed by atoms with Crippen molar-refractivity contribution in [2.24, 2.45) is 11.3 Å². The summed E-state index contributed by atoms with van der Waals surface area (Å²) >= 11 is 0. The van der Waals surface area contributed by atoms with Gasteiger partial charge in [-0.2, -0.15) is 5.10 Å². The third kappa shape index (κ3) is 6.50. The van der Waals surface area contributed by atoms with Gasteiger partial charge in [0.1, 0.15) is 5.69 Å². The Labute approximate surface area is 240 Å². The van der Waals surface area contributed by atoms with Gasteiger partial charge in [0.2, 0.25) is 5.95 Å². The summed E-state index contributed by atoms with van der Waals surface area (Å²) in [5.41, 5.74) is 1.56. The van der Waals surface area contributed by atoms with E-state index >= 15 is 0 Å². The lowest BCUT2D eigenvalue weighted by Crippen LogP contribution is -2.40. The van der Waals surface area contributed by atoms with Crippen LogP contribution in [0.4, 0.5) is 19.1 Å². The highest BCUT2D eigenvalue weighted by molar-refractivity contribution is 6.03. The van der Waals surface area contributed by atoms with Crippen LogP contribution >= 0.6 is 0 Å². The summed E-state index contributed by atoms with van der Waals surface area (Å²) in [6, 6.07) is 9.70. The fourth-order valence-corrected chi connectivity index (χ4v) is 5.25. The normalized spacial score (nSPS) is 17.2. The Morgan fingerprint density at radius 3 is 2.24 bits per heavy atom. The molecule has 2 aromatic heterocycles. The molecule has 4 aromatic rings. The molecule has 0 bridgehead atoms. The van der Waals surface area contributed by atoms with E-state index < -0.39 is 23.4 Å². The van der Waals surface area contributed by atoms with E-state index in [1.54, 1.807) is 24.3 Å². The van der Waals surface area contributed by atoms with Gasteiger partial charge in [0.15, 0.2) is 17.5 Å². The van der Waals surface area contributed by atoms with Gasteiger partial charge in [-0.3, -0.25) is 19.6 Å². The number of anilines is 1. The minimum Gasteiger partial charge on any atom is -0.348 e. The number of hydrogen-bond donors (Lipinski definition) is 3. The van der Waals surface area contributed by atoms with Gasteiger partial charge < -0.3 is 5.32 Å². The van der Waals surface area contributed by atoms with Crippen molar-refractivity contribution >= 4 is 17.8 Å². The van der Waals surface area contributed by atoms with Gasteiger partial charge in [-0.15, -0.1) is 0 Å². The largest absolute Gasteiger partial charge is 0.348 e. The number of tetrazole rings is 1. The molecule has 0 atom stereocenters. The first-order chi connectivity index (χ1) is 20.0. The van der Waals surface area contributed by atoms with Gasteiger partial charge in [-0.25, -0.2) is 18.3 Å². The van der Waals surface area contributed by atoms with Crippen molar-refractivity contribution in [3.63, 3.8) is 0 Å². The third-order valence-corrected chi connectivity index (χ3v) is 7.71. The molecule has 220 valence electrons. The number of nitrogens with one attached hydrogen (secondary N) is 3. The molecular weight excluding hydrogens is 549 g/mol. The van der Waals surface area contributed by atoms with Crippen LogP contribution in [0.1, 0.15) is 72.9 Å². The number of rotatable bonds is 7. The molecule has 2 heterocycles. The number of amides is 2. The summed E-state index contributed by atoms with van der Waals surface area (Å²) < 4.78 is 43.1. The molecule has 13 heteroatoms. The summed E-state index contributed by atoms with van der Waals surface area (Å²) in [4.78, 5) is 25.9. The van der Waals surface area contributed by atoms with Crippen LogP contribution in [-0.4, -0.2) is 48.3 Å². The second-order valence-corrected chi connectivity index (χ2v) is 11.6. The molecule has 1 fully saturated rings. The lowest BCUT2D eigenvalue weighted by molar-refractivity contribution is 0.0893. The van der Waals surface area contributed by atoms with Crippen molar-refractivity contribution in [3.8, 4) is 11.3 Å². The fourth-order valence-electron chi connectivity index (χ4n) is 5.25. The fraction of sp³-hybridized carbons (Fsp3) is 0.379. The molecule has 0 aliphatic heterocycles. The van der Waals surface area contributed by atoms with Crippen molar-refractivity contribution in [3.05, 3.63) is 76.7 Å². The van der Waals surface area contributed by atoms with Crippen molar-refractivity contribution in [1.29, 1.82) is 0 Å². The summed E-state index contributed by atoms with van der Waals surface area (Å²) in [7, 11) is 0. The van der Waals surface area contributed by atoms with Gasteiger partial charge in [0.05, 0.1) is 12.2 Å². The van der Waals surface area contributed by atoms with Crippen molar-refractivity contribution in [2.75, 3.05) is 5.32 Å². The van der Waals surface area contributed by atoms with Crippen molar-refractivity contribution in [2.45, 2.75) is 59.0 Å². The van der Waals surface area contributed by atoms with Crippen LogP contribution in [0.5, 0.6) is 0 Å². The SMILES string of the molecule is CC(C)(C)[C@H]1CC[C@H](NC(=O)c2cc(-c3cc(F)c(F)c(F)c3)nn2Cc2ccc(C(=O)Nc3nnn[nH]3)cc2)CC1. The van der Waals surface area contributed by atoms with Crippen molar-refractivity contribution < 1.29 is 22.8 Å². The standard InChI is InChI=1S/C29H31F3N8O2/c1-29(2,3)19-8-10-20(11-9-19)33-27(42)24-14-23(18-12-21(30)25(32)22(31)13-18)37-40(24)15-16-4-6-17(7-5-16)26(41)34-28-35-38-39-36-28/h4-7,12-14,19-20H,8-11,15H2,1-3H3,(H,33,42)(H2,34,35,36,38,39,41)/t19-,20-. The zero-order valence-electron chi connectivity index (χ0n) is 23.4. The van der Waals surface area contributed by atoms with E-state index in [1.807, 2.05) is 0 Å². The molecule has 42 heavy (non-hydrogen) atoms. The highest BCUT2D eigenvalue weighted by Crippen LogP contribution is 2.37. The van der Waals surface area contributed by atoms with E-state index in [4.69, 9.17) is 0 Å². The average molecular weight is 581 g/mol. The molecule has 5 rings (SSSR count). The van der Waals surface area contributed by atoms with E-state index in [9.17, 15) is 22.8 Å². The van der Waals surface area contributed by atoms with Gasteiger partial charge in [0, 0.05) is 17.2 Å². The van der Waals surface area contributed by atoms with Gasteiger partial charge in [-0.05, 0) is 83.3 Å². The molecule has 0 spiro atoms. The first-order valence-electron chi connectivity index (χ1n) is 13.7. The lowest BCUT2D eigenvalue weighted by Gasteiger charge is -2.37. The first-order valence-corrected chi connectivity index (χ1v) is 13.7. The molecule has 10 nitrogen and oxygen atoms in total. The third-order valence-electron chi connectivity index (χ3n) is 7.71. The summed E-state index contributed by atoms with van der Waals surface area (Å²) in [5.74, 6) is -4.40. The first kappa shape index (κ1) is 29.0. The minimum absolute atomic E-state index is 0.00110. The number of benzene rings is 2. The van der Waals surface area contributed by atoms with Crippen LogP contribution in [0.2, 0.25) is 0 Å². The number of H-pyrrole nitrogens is 1. The van der Waals surface area contributed by atoms with E-state index in [0.29, 0.717) is 17.0 Å². The van der Waals surface area contributed by atoms with Crippen LogP contribution in [0.3, 0.4) is 0 Å².